The second-order valence-corrected chi connectivity index (χ2v) is 7.31. The minimum absolute atomic E-state index is 0.0925. The van der Waals surface area contributed by atoms with E-state index in [4.69, 9.17) is 27.9 Å². The summed E-state index contributed by atoms with van der Waals surface area (Å²) in [5.41, 5.74) is 1.89. The Hall–Kier alpha value is -2.69. The van der Waals surface area contributed by atoms with Gasteiger partial charge in [-0.1, -0.05) is 71.7 Å². The Bertz CT molecular complexity index is 946. The van der Waals surface area contributed by atoms with Crippen molar-refractivity contribution < 1.29 is 14.6 Å². The highest BCUT2D eigenvalue weighted by Gasteiger charge is 2.21. The summed E-state index contributed by atoms with van der Waals surface area (Å²) in [6, 6.07) is 21.7. The third kappa shape index (κ3) is 5.89. The topological polar surface area (TPSA) is 58.6 Å². The third-order valence-corrected chi connectivity index (χ3v) is 5.27. The van der Waals surface area contributed by atoms with Crippen molar-refractivity contribution in [2.75, 3.05) is 13.2 Å². The molecule has 6 heteroatoms. The Morgan fingerprint density at radius 3 is 2.41 bits per heavy atom. The standard InChI is InChI=1S/C23H21Cl2NO3/c24-20-7-4-8-21(22(20)25)29-14-13-26-23(28)19(17-5-2-1-3-6-17)15-16-9-11-18(27)12-10-16/h1-12,19,27H,13-15H2,(H,26,28). The molecule has 0 aromatic heterocycles. The number of rotatable bonds is 8. The Morgan fingerprint density at radius 1 is 0.966 bits per heavy atom. The lowest BCUT2D eigenvalue weighted by Gasteiger charge is -2.18. The minimum atomic E-state index is -0.351. The van der Waals surface area contributed by atoms with Crippen LogP contribution in [0, 0.1) is 0 Å². The highest BCUT2D eigenvalue weighted by molar-refractivity contribution is 6.42. The molecule has 1 atom stereocenters. The number of aromatic hydroxyl groups is 1. The van der Waals surface area contributed by atoms with Crippen LogP contribution in [0.2, 0.25) is 10.0 Å². The number of hydrogen-bond acceptors (Lipinski definition) is 3. The molecule has 3 rings (SSSR count). The van der Waals surface area contributed by atoms with E-state index in [-0.39, 0.29) is 24.2 Å². The molecular weight excluding hydrogens is 409 g/mol. The molecular formula is C23H21Cl2NO3. The van der Waals surface area contributed by atoms with Gasteiger partial charge in [0.1, 0.15) is 23.1 Å². The molecule has 150 valence electrons. The van der Waals surface area contributed by atoms with Gasteiger partial charge in [-0.05, 0) is 41.8 Å². The van der Waals surface area contributed by atoms with Gasteiger partial charge in [0, 0.05) is 0 Å². The van der Waals surface area contributed by atoms with Crippen molar-refractivity contribution in [3.05, 3.63) is 94.0 Å². The number of carbonyl (C=O) groups excluding carboxylic acids is 1. The Balaban J connectivity index is 1.62. The summed E-state index contributed by atoms with van der Waals surface area (Å²) in [5.74, 6) is 0.240. The van der Waals surface area contributed by atoms with Gasteiger partial charge in [-0.2, -0.15) is 0 Å². The molecule has 1 unspecified atom stereocenters. The van der Waals surface area contributed by atoms with Crippen LogP contribution >= 0.6 is 23.2 Å². The zero-order chi connectivity index (χ0) is 20.6. The number of ether oxygens (including phenoxy) is 1. The number of phenolic OH excluding ortho intramolecular Hbond substituents is 1. The normalized spacial score (nSPS) is 11.7. The number of halogens is 2. The van der Waals surface area contributed by atoms with Crippen molar-refractivity contribution in [3.8, 4) is 11.5 Å². The molecule has 0 fully saturated rings. The molecule has 29 heavy (non-hydrogen) atoms. The van der Waals surface area contributed by atoms with Crippen LogP contribution in [0.3, 0.4) is 0 Å². The average Bonchev–Trinajstić information content (AvgIpc) is 2.74. The Morgan fingerprint density at radius 2 is 1.69 bits per heavy atom. The smallest absolute Gasteiger partial charge is 0.227 e. The van der Waals surface area contributed by atoms with Gasteiger partial charge in [0.2, 0.25) is 5.91 Å². The van der Waals surface area contributed by atoms with Crippen LogP contribution in [0.1, 0.15) is 17.0 Å². The SMILES string of the molecule is O=C(NCCOc1cccc(Cl)c1Cl)C(Cc1ccc(O)cc1)c1ccccc1. The van der Waals surface area contributed by atoms with Crippen molar-refractivity contribution in [3.63, 3.8) is 0 Å². The van der Waals surface area contributed by atoms with Gasteiger partial charge in [0.05, 0.1) is 17.5 Å². The maximum Gasteiger partial charge on any atom is 0.227 e. The molecule has 0 saturated heterocycles. The van der Waals surface area contributed by atoms with Gasteiger partial charge in [0.25, 0.3) is 0 Å². The van der Waals surface area contributed by atoms with E-state index in [1.165, 1.54) is 0 Å². The fourth-order valence-electron chi connectivity index (χ4n) is 2.97. The zero-order valence-electron chi connectivity index (χ0n) is 15.6. The molecule has 0 aliphatic carbocycles. The number of benzene rings is 3. The second kappa shape index (κ2) is 10.2. The lowest BCUT2D eigenvalue weighted by molar-refractivity contribution is -0.122. The fourth-order valence-corrected chi connectivity index (χ4v) is 3.32. The maximum atomic E-state index is 12.9. The van der Waals surface area contributed by atoms with Crippen LogP contribution in [0.5, 0.6) is 11.5 Å². The molecule has 0 bridgehead atoms. The van der Waals surface area contributed by atoms with Gasteiger partial charge in [-0.3, -0.25) is 4.79 Å². The first kappa shape index (κ1) is 21.0. The maximum absolute atomic E-state index is 12.9. The summed E-state index contributed by atoms with van der Waals surface area (Å²) in [4.78, 5) is 12.9. The number of carbonyl (C=O) groups is 1. The van der Waals surface area contributed by atoms with Gasteiger partial charge < -0.3 is 15.2 Å². The molecule has 4 nitrogen and oxygen atoms in total. The molecule has 0 aliphatic rings. The lowest BCUT2D eigenvalue weighted by atomic mass is 9.91. The molecule has 1 amide bonds. The lowest BCUT2D eigenvalue weighted by Crippen LogP contribution is -2.33. The van der Waals surface area contributed by atoms with Crippen LogP contribution in [-0.4, -0.2) is 24.2 Å². The molecule has 0 heterocycles. The summed E-state index contributed by atoms with van der Waals surface area (Å²) in [6.45, 7) is 0.604. The van der Waals surface area contributed by atoms with Gasteiger partial charge in [0.15, 0.2) is 0 Å². The minimum Gasteiger partial charge on any atom is -0.508 e. The molecule has 0 radical (unpaired) electrons. The van der Waals surface area contributed by atoms with E-state index in [0.717, 1.165) is 11.1 Å². The largest absolute Gasteiger partial charge is 0.508 e. The quantitative estimate of drug-likeness (QED) is 0.482. The number of amides is 1. The summed E-state index contributed by atoms with van der Waals surface area (Å²) in [6.07, 6.45) is 0.525. The highest BCUT2D eigenvalue weighted by atomic mass is 35.5. The predicted octanol–water partition coefficient (Wildman–Crippen LogP) is 5.22. The van der Waals surface area contributed by atoms with E-state index in [2.05, 4.69) is 5.32 Å². The Kier molecular flexibility index (Phi) is 7.39. The van der Waals surface area contributed by atoms with E-state index in [0.29, 0.717) is 28.8 Å². The van der Waals surface area contributed by atoms with Gasteiger partial charge in [-0.25, -0.2) is 0 Å². The zero-order valence-corrected chi connectivity index (χ0v) is 17.2. The first-order valence-corrected chi connectivity index (χ1v) is 9.97. The third-order valence-electron chi connectivity index (χ3n) is 4.47. The van der Waals surface area contributed by atoms with E-state index in [1.807, 2.05) is 42.5 Å². The molecule has 0 saturated carbocycles. The van der Waals surface area contributed by atoms with Crippen molar-refractivity contribution in [2.24, 2.45) is 0 Å². The molecule has 0 aliphatic heterocycles. The van der Waals surface area contributed by atoms with E-state index < -0.39 is 0 Å². The predicted molar refractivity (Wildman–Crippen MR) is 116 cm³/mol. The number of phenols is 1. The second-order valence-electron chi connectivity index (χ2n) is 6.53. The molecule has 3 aromatic carbocycles. The summed E-state index contributed by atoms with van der Waals surface area (Å²) < 4.78 is 5.63. The average molecular weight is 430 g/mol. The molecule has 2 N–H and O–H groups in total. The first-order valence-electron chi connectivity index (χ1n) is 9.22. The van der Waals surface area contributed by atoms with Crippen LogP contribution in [0.4, 0.5) is 0 Å². The first-order chi connectivity index (χ1) is 14.0. The van der Waals surface area contributed by atoms with Crippen molar-refractivity contribution in [1.82, 2.24) is 5.32 Å². The summed E-state index contributed by atoms with van der Waals surface area (Å²) in [7, 11) is 0. The van der Waals surface area contributed by atoms with E-state index in [9.17, 15) is 9.90 Å². The number of nitrogens with one attached hydrogen (secondary N) is 1. The van der Waals surface area contributed by atoms with Crippen LogP contribution in [-0.2, 0) is 11.2 Å². The Labute approximate surface area is 180 Å². The van der Waals surface area contributed by atoms with Crippen LogP contribution in [0.15, 0.2) is 72.8 Å². The van der Waals surface area contributed by atoms with Gasteiger partial charge >= 0.3 is 0 Å². The van der Waals surface area contributed by atoms with Crippen LogP contribution < -0.4 is 10.1 Å². The van der Waals surface area contributed by atoms with Crippen LogP contribution in [0.25, 0.3) is 0 Å². The molecule has 0 spiro atoms. The number of hydrogen-bond donors (Lipinski definition) is 2. The van der Waals surface area contributed by atoms with E-state index in [1.54, 1.807) is 30.3 Å². The van der Waals surface area contributed by atoms with E-state index >= 15 is 0 Å². The monoisotopic (exact) mass is 429 g/mol. The van der Waals surface area contributed by atoms with Crippen molar-refractivity contribution in [1.29, 1.82) is 0 Å². The molecule has 3 aromatic rings. The highest BCUT2D eigenvalue weighted by Crippen LogP contribution is 2.31. The van der Waals surface area contributed by atoms with Crippen molar-refractivity contribution >= 4 is 29.1 Å². The van der Waals surface area contributed by atoms with Gasteiger partial charge in [-0.15, -0.1) is 0 Å². The summed E-state index contributed by atoms with van der Waals surface area (Å²) in [5, 5.41) is 13.2. The van der Waals surface area contributed by atoms with Crippen molar-refractivity contribution in [2.45, 2.75) is 12.3 Å². The fraction of sp³-hybridized carbons (Fsp3) is 0.174. The summed E-state index contributed by atoms with van der Waals surface area (Å²) >= 11 is 12.1.